The van der Waals surface area contributed by atoms with Crippen LogP contribution in [-0.4, -0.2) is 27.7 Å². The molecule has 0 aliphatic carbocycles. The summed E-state index contributed by atoms with van der Waals surface area (Å²) in [5.74, 6) is -1.45. The number of fused-ring (bicyclic) bond motifs is 1. The number of nitrogens with zero attached hydrogens (tertiary/aromatic N) is 2. The van der Waals surface area contributed by atoms with Crippen LogP contribution in [0.1, 0.15) is 11.1 Å². The Morgan fingerprint density at radius 2 is 1.72 bits per heavy atom. The zero-order valence-electron chi connectivity index (χ0n) is 14.4. The highest BCUT2D eigenvalue weighted by Gasteiger charge is 2.75. The molecule has 1 aromatic heterocycles. The monoisotopic (exact) mass is 434 g/mol. The van der Waals surface area contributed by atoms with Gasteiger partial charge in [-0.05, 0) is 12.2 Å². The number of hydrogen-bond donors (Lipinski definition) is 2. The Bertz CT molecular complexity index is 1080. The maximum absolute atomic E-state index is 14.0. The first kappa shape index (κ1) is 20.8. The van der Waals surface area contributed by atoms with Crippen molar-refractivity contribution in [2.75, 3.05) is 5.32 Å². The Labute approximate surface area is 164 Å². The van der Waals surface area contributed by atoms with Crippen molar-refractivity contribution < 1.29 is 26.3 Å². The number of aliphatic imine (C=N–C) groups is 1. The summed E-state index contributed by atoms with van der Waals surface area (Å²) in [7, 11) is 0. The lowest BCUT2D eigenvalue weighted by molar-refractivity contribution is -0.301. The van der Waals surface area contributed by atoms with Crippen molar-refractivity contribution in [3.63, 3.8) is 0 Å². The van der Waals surface area contributed by atoms with Gasteiger partial charge in [0, 0.05) is 12.1 Å². The maximum atomic E-state index is 14.0. The Morgan fingerprint density at radius 1 is 1.14 bits per heavy atom. The number of amidine groups is 1. The molecule has 0 bridgehead atoms. The van der Waals surface area contributed by atoms with E-state index >= 15 is 0 Å². The van der Waals surface area contributed by atoms with E-state index in [9.17, 15) is 31.1 Å². The van der Waals surface area contributed by atoms with E-state index in [0.717, 1.165) is 4.57 Å². The fourth-order valence-corrected chi connectivity index (χ4v) is 3.27. The number of anilines is 1. The summed E-state index contributed by atoms with van der Waals surface area (Å²) in [6.45, 7) is 3.17. The molecule has 5 nitrogen and oxygen atoms in total. The van der Waals surface area contributed by atoms with Crippen LogP contribution < -0.4 is 10.9 Å². The minimum Gasteiger partial charge on any atom is -0.326 e. The van der Waals surface area contributed by atoms with Crippen molar-refractivity contribution in [1.29, 1.82) is 0 Å². The van der Waals surface area contributed by atoms with Crippen LogP contribution in [0, 0.1) is 4.77 Å². The summed E-state index contributed by atoms with van der Waals surface area (Å²) in [6.07, 6.45) is -10.7. The maximum Gasteiger partial charge on any atom is 0.427 e. The molecule has 0 fully saturated rings. The van der Waals surface area contributed by atoms with Gasteiger partial charge in [-0.25, -0.2) is 4.99 Å². The third-order valence-corrected chi connectivity index (χ3v) is 4.58. The predicted octanol–water partition coefficient (Wildman–Crippen LogP) is 4.28. The van der Waals surface area contributed by atoms with E-state index in [4.69, 9.17) is 12.2 Å². The number of H-pyrrole nitrogens is 1. The van der Waals surface area contributed by atoms with Crippen LogP contribution in [-0.2, 0) is 12.1 Å². The summed E-state index contributed by atoms with van der Waals surface area (Å²) >= 11 is 4.92. The third kappa shape index (κ3) is 3.16. The quantitative estimate of drug-likeness (QED) is 0.431. The molecular formula is C17H12F6N4OS. The van der Waals surface area contributed by atoms with Gasteiger partial charge in [0.25, 0.3) is 11.1 Å². The van der Waals surface area contributed by atoms with E-state index in [2.05, 4.69) is 16.9 Å². The SMILES string of the molecule is C=CCn1c2c(c(=O)[nH]c1=S)C(C(F)(F)F)(C(F)(F)F)N=C(c1ccccc1)N2. The molecule has 1 aliphatic heterocycles. The summed E-state index contributed by atoms with van der Waals surface area (Å²) in [5, 5.41) is 2.43. The largest absolute Gasteiger partial charge is 0.427 e. The number of alkyl halides is 6. The van der Waals surface area contributed by atoms with Gasteiger partial charge < -0.3 is 9.88 Å². The van der Waals surface area contributed by atoms with Crippen LogP contribution in [0.25, 0.3) is 0 Å². The smallest absolute Gasteiger partial charge is 0.326 e. The number of benzene rings is 1. The molecule has 0 radical (unpaired) electrons. The Morgan fingerprint density at radius 3 is 2.24 bits per heavy atom. The molecule has 0 saturated heterocycles. The van der Waals surface area contributed by atoms with E-state index in [1.165, 1.54) is 36.4 Å². The third-order valence-electron chi connectivity index (χ3n) is 4.26. The first-order valence-corrected chi connectivity index (χ1v) is 8.39. The highest BCUT2D eigenvalue weighted by Crippen LogP contribution is 2.55. The molecule has 0 spiro atoms. The Kier molecular flexibility index (Phi) is 4.93. The normalized spacial score (nSPS) is 15.9. The molecule has 12 heteroatoms. The Balaban J connectivity index is 2.52. The molecule has 1 aliphatic rings. The van der Waals surface area contributed by atoms with Crippen molar-refractivity contribution in [2.24, 2.45) is 4.99 Å². The van der Waals surface area contributed by atoms with E-state index in [1.54, 1.807) is 0 Å². The highest BCUT2D eigenvalue weighted by atomic mass is 32.1. The van der Waals surface area contributed by atoms with Crippen LogP contribution in [0.3, 0.4) is 0 Å². The van der Waals surface area contributed by atoms with E-state index in [1.807, 2.05) is 4.98 Å². The molecule has 1 aromatic carbocycles. The second-order valence-electron chi connectivity index (χ2n) is 6.04. The van der Waals surface area contributed by atoms with Crippen molar-refractivity contribution >= 4 is 23.9 Å². The van der Waals surface area contributed by atoms with Gasteiger partial charge in [-0.3, -0.25) is 9.78 Å². The number of aromatic nitrogens is 2. The van der Waals surface area contributed by atoms with Crippen molar-refractivity contribution in [1.82, 2.24) is 9.55 Å². The molecule has 0 amide bonds. The molecular weight excluding hydrogens is 422 g/mol. The first-order valence-electron chi connectivity index (χ1n) is 7.98. The number of nitrogens with one attached hydrogen (secondary N) is 2. The van der Waals surface area contributed by atoms with Gasteiger partial charge in [0.2, 0.25) is 0 Å². The minimum absolute atomic E-state index is 0.0348. The Hall–Kier alpha value is -2.89. The van der Waals surface area contributed by atoms with Crippen molar-refractivity contribution in [3.8, 4) is 0 Å². The fraction of sp³-hybridized carbons (Fsp3) is 0.235. The lowest BCUT2D eigenvalue weighted by Crippen LogP contribution is -2.58. The molecule has 0 atom stereocenters. The van der Waals surface area contributed by atoms with Crippen LogP contribution in [0.5, 0.6) is 0 Å². The summed E-state index contributed by atoms with van der Waals surface area (Å²) in [5.41, 5.74) is -8.09. The standard InChI is InChI=1S/C17H12F6N4OS/c1-2-8-27-12-10(13(28)25-14(27)29)15(16(18,19)20,17(21,22)23)26-11(24-12)9-6-4-3-5-7-9/h2-7H,1,8H2,(H,24,26)(H,25,28,29). The zero-order valence-corrected chi connectivity index (χ0v) is 15.2. The van der Waals surface area contributed by atoms with Crippen molar-refractivity contribution in [3.05, 3.63) is 69.2 Å². The molecule has 29 heavy (non-hydrogen) atoms. The number of hydrogen-bond acceptors (Lipinski definition) is 4. The van der Waals surface area contributed by atoms with Gasteiger partial charge in [0.1, 0.15) is 17.2 Å². The number of allylic oxidation sites excluding steroid dienone is 1. The first-order chi connectivity index (χ1) is 13.4. The second-order valence-corrected chi connectivity index (χ2v) is 6.43. The second kappa shape index (κ2) is 6.87. The molecule has 154 valence electrons. The van der Waals surface area contributed by atoms with Gasteiger partial charge in [-0.2, -0.15) is 26.3 Å². The van der Waals surface area contributed by atoms with Crippen LogP contribution in [0.4, 0.5) is 32.2 Å². The van der Waals surface area contributed by atoms with Gasteiger partial charge in [0.15, 0.2) is 4.77 Å². The lowest BCUT2D eigenvalue weighted by Gasteiger charge is -2.38. The summed E-state index contributed by atoms with van der Waals surface area (Å²) in [4.78, 5) is 17.2. The number of halogens is 6. The average molecular weight is 434 g/mol. The highest BCUT2D eigenvalue weighted by molar-refractivity contribution is 7.71. The van der Waals surface area contributed by atoms with Gasteiger partial charge in [-0.15, -0.1) is 6.58 Å². The topological polar surface area (TPSA) is 62.2 Å². The average Bonchev–Trinajstić information content (AvgIpc) is 2.63. The predicted molar refractivity (Wildman–Crippen MR) is 96.5 cm³/mol. The van der Waals surface area contributed by atoms with Crippen LogP contribution in [0.15, 0.2) is 52.8 Å². The molecule has 2 aromatic rings. The van der Waals surface area contributed by atoms with Gasteiger partial charge in [-0.1, -0.05) is 36.4 Å². The van der Waals surface area contributed by atoms with Gasteiger partial charge >= 0.3 is 12.4 Å². The molecule has 2 N–H and O–H groups in total. The van der Waals surface area contributed by atoms with E-state index in [-0.39, 0.29) is 16.9 Å². The van der Waals surface area contributed by atoms with E-state index in [0.29, 0.717) is 0 Å². The minimum atomic E-state index is -5.97. The lowest BCUT2D eigenvalue weighted by atomic mass is 9.87. The zero-order chi connectivity index (χ0) is 21.6. The summed E-state index contributed by atoms with van der Waals surface area (Å²) in [6, 6.07) is 6.95. The van der Waals surface area contributed by atoms with Crippen LogP contribution in [0.2, 0.25) is 0 Å². The fourth-order valence-electron chi connectivity index (χ4n) is 3.01. The molecule has 0 saturated carbocycles. The molecule has 3 rings (SSSR count). The van der Waals surface area contributed by atoms with Gasteiger partial charge in [0.05, 0.1) is 0 Å². The van der Waals surface area contributed by atoms with Crippen LogP contribution >= 0.6 is 12.2 Å². The number of aromatic amines is 1. The van der Waals surface area contributed by atoms with E-state index < -0.39 is 40.7 Å². The number of rotatable bonds is 3. The van der Waals surface area contributed by atoms with Crippen molar-refractivity contribution in [2.45, 2.75) is 24.4 Å². The molecule has 0 unspecified atom stereocenters. The summed E-state index contributed by atoms with van der Waals surface area (Å²) < 4.78 is 84.5. The molecule has 2 heterocycles.